The van der Waals surface area contributed by atoms with E-state index in [2.05, 4.69) is 23.9 Å². The van der Waals surface area contributed by atoms with Crippen LogP contribution in [0.2, 0.25) is 0 Å². The van der Waals surface area contributed by atoms with Crippen molar-refractivity contribution in [3.05, 3.63) is 17.0 Å². The lowest BCUT2D eigenvalue weighted by Gasteiger charge is -2.06. The molecule has 0 amide bonds. The first-order valence-electron chi connectivity index (χ1n) is 5.52. The smallest absolute Gasteiger partial charge is 0.114 e. The van der Waals surface area contributed by atoms with Gasteiger partial charge in [-0.3, -0.25) is 4.68 Å². The van der Waals surface area contributed by atoms with Gasteiger partial charge in [-0.1, -0.05) is 13.8 Å². The molecule has 0 fully saturated rings. The number of aryl methyl sites for hydroxylation is 2. The van der Waals surface area contributed by atoms with Crippen molar-refractivity contribution in [2.24, 2.45) is 7.05 Å². The topological polar surface area (TPSA) is 56.7 Å². The molecule has 2 aromatic rings. The van der Waals surface area contributed by atoms with Crippen molar-refractivity contribution in [3.8, 4) is 0 Å². The van der Waals surface area contributed by atoms with Crippen molar-refractivity contribution in [2.75, 3.05) is 5.73 Å². The van der Waals surface area contributed by atoms with E-state index in [4.69, 9.17) is 5.73 Å². The standard InChI is InChI=1S/C12H18N4/c1-6(2)10-11-12(16(5)15-10)9(13)7(3)8(4)14-11/h6H,1-5H3,(H2,13,14). The van der Waals surface area contributed by atoms with E-state index in [0.29, 0.717) is 5.92 Å². The zero-order valence-corrected chi connectivity index (χ0v) is 10.5. The number of nitrogen functional groups attached to an aromatic ring is 1. The zero-order valence-electron chi connectivity index (χ0n) is 10.5. The summed E-state index contributed by atoms with van der Waals surface area (Å²) in [7, 11) is 1.92. The number of pyridine rings is 1. The van der Waals surface area contributed by atoms with Crippen LogP contribution in [0, 0.1) is 13.8 Å². The molecule has 0 aliphatic rings. The first-order chi connectivity index (χ1) is 7.43. The average Bonchev–Trinajstić information content (AvgIpc) is 2.52. The van der Waals surface area contributed by atoms with Gasteiger partial charge in [-0.05, 0) is 25.3 Å². The largest absolute Gasteiger partial charge is 0.397 e. The number of hydrogen-bond acceptors (Lipinski definition) is 3. The number of anilines is 1. The molecule has 16 heavy (non-hydrogen) atoms. The van der Waals surface area contributed by atoms with Gasteiger partial charge in [0.15, 0.2) is 0 Å². The van der Waals surface area contributed by atoms with Crippen LogP contribution in [-0.2, 0) is 7.05 Å². The fourth-order valence-electron chi connectivity index (χ4n) is 1.96. The average molecular weight is 218 g/mol. The summed E-state index contributed by atoms with van der Waals surface area (Å²) in [5.41, 5.74) is 11.9. The van der Waals surface area contributed by atoms with Gasteiger partial charge in [0.1, 0.15) is 11.0 Å². The Morgan fingerprint density at radius 3 is 2.44 bits per heavy atom. The zero-order chi connectivity index (χ0) is 12.0. The fourth-order valence-corrected chi connectivity index (χ4v) is 1.96. The van der Waals surface area contributed by atoms with Crippen LogP contribution in [0.25, 0.3) is 11.0 Å². The fraction of sp³-hybridized carbons (Fsp3) is 0.500. The van der Waals surface area contributed by atoms with Crippen molar-refractivity contribution in [3.63, 3.8) is 0 Å². The maximum atomic E-state index is 6.13. The third kappa shape index (κ3) is 1.37. The lowest BCUT2D eigenvalue weighted by Crippen LogP contribution is -2.00. The molecule has 0 unspecified atom stereocenters. The van der Waals surface area contributed by atoms with Crippen LogP contribution < -0.4 is 5.73 Å². The number of hydrogen-bond donors (Lipinski definition) is 1. The molecule has 0 spiro atoms. The van der Waals surface area contributed by atoms with Crippen LogP contribution in [0.4, 0.5) is 5.69 Å². The van der Waals surface area contributed by atoms with E-state index in [0.717, 1.165) is 33.7 Å². The summed E-state index contributed by atoms with van der Waals surface area (Å²) in [4.78, 5) is 4.61. The molecule has 0 atom stereocenters. The first kappa shape index (κ1) is 10.9. The molecule has 0 aliphatic carbocycles. The molecule has 86 valence electrons. The monoisotopic (exact) mass is 218 g/mol. The van der Waals surface area contributed by atoms with Crippen LogP contribution in [0.5, 0.6) is 0 Å². The number of fused-ring (bicyclic) bond motifs is 1. The van der Waals surface area contributed by atoms with E-state index < -0.39 is 0 Å². The normalized spacial score (nSPS) is 11.6. The molecule has 0 saturated heterocycles. The Morgan fingerprint density at radius 2 is 1.88 bits per heavy atom. The number of aromatic nitrogens is 3. The molecule has 2 heterocycles. The molecule has 2 rings (SSSR count). The third-order valence-corrected chi connectivity index (χ3v) is 3.08. The van der Waals surface area contributed by atoms with Crippen molar-refractivity contribution < 1.29 is 0 Å². The van der Waals surface area contributed by atoms with Gasteiger partial charge >= 0.3 is 0 Å². The van der Waals surface area contributed by atoms with Crippen molar-refractivity contribution in [2.45, 2.75) is 33.6 Å². The van der Waals surface area contributed by atoms with E-state index in [1.807, 2.05) is 25.6 Å². The van der Waals surface area contributed by atoms with E-state index in [1.54, 1.807) is 0 Å². The van der Waals surface area contributed by atoms with E-state index >= 15 is 0 Å². The Bertz CT molecular complexity index is 552. The summed E-state index contributed by atoms with van der Waals surface area (Å²) in [5.74, 6) is 0.359. The summed E-state index contributed by atoms with van der Waals surface area (Å²) < 4.78 is 1.83. The lowest BCUT2D eigenvalue weighted by atomic mass is 10.1. The minimum Gasteiger partial charge on any atom is -0.397 e. The first-order valence-corrected chi connectivity index (χ1v) is 5.52. The van der Waals surface area contributed by atoms with Gasteiger partial charge in [-0.15, -0.1) is 0 Å². The van der Waals surface area contributed by atoms with Crippen LogP contribution >= 0.6 is 0 Å². The predicted octanol–water partition coefficient (Wildman–Crippen LogP) is 2.29. The lowest BCUT2D eigenvalue weighted by molar-refractivity contribution is 0.729. The van der Waals surface area contributed by atoms with Crippen molar-refractivity contribution in [1.82, 2.24) is 14.8 Å². The highest BCUT2D eigenvalue weighted by atomic mass is 15.3. The van der Waals surface area contributed by atoms with Crippen molar-refractivity contribution >= 4 is 16.7 Å². The Balaban J connectivity index is 2.92. The molecule has 0 bridgehead atoms. The summed E-state index contributed by atoms with van der Waals surface area (Å²) >= 11 is 0. The van der Waals surface area contributed by atoms with E-state index in [1.165, 1.54) is 0 Å². The molecular formula is C12H18N4. The van der Waals surface area contributed by atoms with Crippen LogP contribution in [-0.4, -0.2) is 14.8 Å². The highest BCUT2D eigenvalue weighted by Gasteiger charge is 2.17. The molecule has 0 aliphatic heterocycles. The molecular weight excluding hydrogens is 200 g/mol. The highest BCUT2D eigenvalue weighted by Crippen LogP contribution is 2.29. The number of nitrogens with two attached hydrogens (primary N) is 1. The van der Waals surface area contributed by atoms with Gasteiger partial charge in [0, 0.05) is 12.7 Å². The van der Waals surface area contributed by atoms with E-state index in [9.17, 15) is 0 Å². The summed E-state index contributed by atoms with van der Waals surface area (Å²) in [6, 6.07) is 0. The second kappa shape index (κ2) is 3.47. The Labute approximate surface area is 95.5 Å². The van der Waals surface area contributed by atoms with Gasteiger partial charge in [0.25, 0.3) is 0 Å². The van der Waals surface area contributed by atoms with Gasteiger partial charge in [-0.25, -0.2) is 4.98 Å². The maximum Gasteiger partial charge on any atom is 0.114 e. The molecule has 2 N–H and O–H groups in total. The predicted molar refractivity (Wildman–Crippen MR) is 66.5 cm³/mol. The Kier molecular flexibility index (Phi) is 2.37. The van der Waals surface area contributed by atoms with Gasteiger partial charge in [0.2, 0.25) is 0 Å². The molecule has 4 heteroatoms. The third-order valence-electron chi connectivity index (χ3n) is 3.08. The molecule has 4 nitrogen and oxygen atoms in total. The van der Waals surface area contributed by atoms with Crippen LogP contribution in [0.15, 0.2) is 0 Å². The second-order valence-corrected chi connectivity index (χ2v) is 4.60. The van der Waals surface area contributed by atoms with Crippen LogP contribution in [0.3, 0.4) is 0 Å². The second-order valence-electron chi connectivity index (χ2n) is 4.60. The number of rotatable bonds is 1. The molecule has 0 saturated carbocycles. The van der Waals surface area contributed by atoms with Gasteiger partial charge in [-0.2, -0.15) is 5.10 Å². The molecule has 0 radical (unpaired) electrons. The molecule has 2 aromatic heterocycles. The van der Waals surface area contributed by atoms with Crippen molar-refractivity contribution in [1.29, 1.82) is 0 Å². The SMILES string of the molecule is Cc1nc2c(C(C)C)nn(C)c2c(N)c1C. The van der Waals surface area contributed by atoms with Crippen LogP contribution in [0.1, 0.15) is 36.7 Å². The summed E-state index contributed by atoms with van der Waals surface area (Å²) in [5, 5.41) is 4.51. The Hall–Kier alpha value is -1.58. The van der Waals surface area contributed by atoms with Gasteiger partial charge < -0.3 is 5.73 Å². The quantitative estimate of drug-likeness (QED) is 0.799. The Morgan fingerprint density at radius 1 is 1.25 bits per heavy atom. The maximum absolute atomic E-state index is 6.13. The molecule has 0 aromatic carbocycles. The summed E-state index contributed by atoms with van der Waals surface area (Å²) in [6.45, 7) is 8.23. The number of nitrogens with zero attached hydrogens (tertiary/aromatic N) is 3. The highest BCUT2D eigenvalue weighted by molar-refractivity contribution is 5.90. The summed E-state index contributed by atoms with van der Waals surface area (Å²) in [6.07, 6.45) is 0. The van der Waals surface area contributed by atoms with E-state index in [-0.39, 0.29) is 0 Å². The minimum atomic E-state index is 0.359. The van der Waals surface area contributed by atoms with Gasteiger partial charge in [0.05, 0.1) is 11.4 Å². The minimum absolute atomic E-state index is 0.359.